The minimum absolute atomic E-state index is 0.413. The molecule has 1 rings (SSSR count). The van der Waals surface area contributed by atoms with E-state index in [9.17, 15) is 4.79 Å². The van der Waals surface area contributed by atoms with E-state index >= 15 is 0 Å². The first-order valence-electron chi connectivity index (χ1n) is 4.55. The molecule has 0 amide bonds. The third kappa shape index (κ3) is 2.35. The molecule has 0 saturated heterocycles. The van der Waals surface area contributed by atoms with Crippen LogP contribution in [-0.4, -0.2) is 11.1 Å². The standard InChI is InChI=1S/C11H13BrO2/c1-3-8(11(13)14)9-6-7(2)4-5-10(9)12/h4-6,8H,3H2,1-2H3,(H,13,14). The zero-order valence-corrected chi connectivity index (χ0v) is 9.84. The second kappa shape index (κ2) is 4.60. The van der Waals surface area contributed by atoms with Crippen LogP contribution < -0.4 is 0 Å². The Kier molecular flexibility index (Phi) is 3.69. The number of aliphatic carboxylic acids is 1. The molecule has 0 saturated carbocycles. The minimum atomic E-state index is -0.765. The van der Waals surface area contributed by atoms with Crippen molar-refractivity contribution in [1.82, 2.24) is 0 Å². The molecular weight excluding hydrogens is 244 g/mol. The molecule has 0 bridgehead atoms. The van der Waals surface area contributed by atoms with Crippen LogP contribution in [0.25, 0.3) is 0 Å². The van der Waals surface area contributed by atoms with Crippen LogP contribution in [0, 0.1) is 6.92 Å². The van der Waals surface area contributed by atoms with Crippen LogP contribution in [0.2, 0.25) is 0 Å². The summed E-state index contributed by atoms with van der Waals surface area (Å²) < 4.78 is 0.873. The van der Waals surface area contributed by atoms with E-state index in [-0.39, 0.29) is 0 Å². The van der Waals surface area contributed by atoms with E-state index in [0.717, 1.165) is 15.6 Å². The van der Waals surface area contributed by atoms with Gasteiger partial charge >= 0.3 is 5.97 Å². The van der Waals surface area contributed by atoms with Crippen LogP contribution in [0.4, 0.5) is 0 Å². The van der Waals surface area contributed by atoms with Gasteiger partial charge in [-0.1, -0.05) is 40.5 Å². The fourth-order valence-corrected chi connectivity index (χ4v) is 1.98. The van der Waals surface area contributed by atoms with Gasteiger partial charge in [0.15, 0.2) is 0 Å². The fraction of sp³-hybridized carbons (Fsp3) is 0.364. The molecule has 0 radical (unpaired) electrons. The summed E-state index contributed by atoms with van der Waals surface area (Å²) in [7, 11) is 0. The first kappa shape index (κ1) is 11.2. The van der Waals surface area contributed by atoms with Crippen molar-refractivity contribution in [2.24, 2.45) is 0 Å². The fourth-order valence-electron chi connectivity index (χ4n) is 1.46. The monoisotopic (exact) mass is 256 g/mol. The van der Waals surface area contributed by atoms with Gasteiger partial charge in [-0.25, -0.2) is 0 Å². The third-order valence-electron chi connectivity index (χ3n) is 2.23. The van der Waals surface area contributed by atoms with Gasteiger partial charge in [0.05, 0.1) is 5.92 Å². The molecule has 0 aliphatic carbocycles. The van der Waals surface area contributed by atoms with Crippen LogP contribution in [-0.2, 0) is 4.79 Å². The first-order chi connectivity index (χ1) is 6.56. The van der Waals surface area contributed by atoms with Crippen molar-refractivity contribution in [2.75, 3.05) is 0 Å². The van der Waals surface area contributed by atoms with Crippen molar-refractivity contribution in [2.45, 2.75) is 26.2 Å². The smallest absolute Gasteiger partial charge is 0.311 e. The van der Waals surface area contributed by atoms with Gasteiger partial charge in [0, 0.05) is 4.47 Å². The van der Waals surface area contributed by atoms with Crippen LogP contribution in [0.3, 0.4) is 0 Å². The summed E-state index contributed by atoms with van der Waals surface area (Å²) in [6.07, 6.45) is 0.609. The summed E-state index contributed by atoms with van der Waals surface area (Å²) in [5.41, 5.74) is 1.95. The van der Waals surface area contributed by atoms with Crippen LogP contribution in [0.15, 0.2) is 22.7 Å². The maximum atomic E-state index is 11.0. The van der Waals surface area contributed by atoms with Gasteiger partial charge in [0.1, 0.15) is 0 Å². The topological polar surface area (TPSA) is 37.3 Å². The number of rotatable bonds is 3. The second-order valence-electron chi connectivity index (χ2n) is 3.32. The molecule has 1 N–H and O–H groups in total. The Morgan fingerprint density at radius 2 is 2.21 bits per heavy atom. The average molecular weight is 257 g/mol. The largest absolute Gasteiger partial charge is 0.481 e. The Bertz CT molecular complexity index is 347. The molecular formula is C11H13BrO2. The minimum Gasteiger partial charge on any atom is -0.481 e. The van der Waals surface area contributed by atoms with Crippen molar-refractivity contribution in [3.8, 4) is 0 Å². The quantitative estimate of drug-likeness (QED) is 0.901. The summed E-state index contributed by atoms with van der Waals surface area (Å²) >= 11 is 3.38. The highest BCUT2D eigenvalue weighted by Gasteiger charge is 2.19. The molecule has 14 heavy (non-hydrogen) atoms. The number of carboxylic acids is 1. The summed E-state index contributed by atoms with van der Waals surface area (Å²) in [5.74, 6) is -1.18. The van der Waals surface area contributed by atoms with Gasteiger partial charge in [0.25, 0.3) is 0 Å². The molecule has 0 aliphatic heterocycles. The van der Waals surface area contributed by atoms with Crippen molar-refractivity contribution < 1.29 is 9.90 Å². The van der Waals surface area contributed by atoms with Crippen molar-refractivity contribution in [1.29, 1.82) is 0 Å². The van der Waals surface area contributed by atoms with Crippen LogP contribution in [0.1, 0.15) is 30.4 Å². The van der Waals surface area contributed by atoms with Gasteiger partial charge in [0.2, 0.25) is 0 Å². The van der Waals surface area contributed by atoms with E-state index in [1.54, 1.807) is 0 Å². The summed E-state index contributed by atoms with van der Waals surface area (Å²) in [6.45, 7) is 3.85. The average Bonchev–Trinajstić information content (AvgIpc) is 2.11. The highest BCUT2D eigenvalue weighted by molar-refractivity contribution is 9.10. The van der Waals surface area contributed by atoms with Gasteiger partial charge < -0.3 is 5.11 Å². The lowest BCUT2D eigenvalue weighted by atomic mass is 9.95. The molecule has 3 heteroatoms. The van der Waals surface area contributed by atoms with Crippen LogP contribution in [0.5, 0.6) is 0 Å². The van der Waals surface area contributed by atoms with Gasteiger partial charge in [-0.05, 0) is 25.0 Å². The molecule has 0 fully saturated rings. The van der Waals surface area contributed by atoms with Crippen molar-refractivity contribution >= 4 is 21.9 Å². The number of benzene rings is 1. The molecule has 1 aromatic carbocycles. The molecule has 0 heterocycles. The number of carbonyl (C=O) groups is 1. The Morgan fingerprint density at radius 3 is 2.71 bits per heavy atom. The Hall–Kier alpha value is -0.830. The molecule has 1 aromatic rings. The predicted molar refractivity (Wildman–Crippen MR) is 59.5 cm³/mol. The molecule has 76 valence electrons. The molecule has 2 nitrogen and oxygen atoms in total. The summed E-state index contributed by atoms with van der Waals surface area (Å²) in [5, 5.41) is 9.02. The van der Waals surface area contributed by atoms with Crippen molar-refractivity contribution in [3.63, 3.8) is 0 Å². The second-order valence-corrected chi connectivity index (χ2v) is 4.18. The Labute approximate surface area is 92.1 Å². The molecule has 1 unspecified atom stereocenters. The maximum absolute atomic E-state index is 11.0. The zero-order chi connectivity index (χ0) is 10.7. The lowest BCUT2D eigenvalue weighted by molar-refractivity contribution is -0.138. The van der Waals surface area contributed by atoms with Crippen molar-refractivity contribution in [3.05, 3.63) is 33.8 Å². The molecule has 1 atom stereocenters. The summed E-state index contributed by atoms with van der Waals surface area (Å²) in [4.78, 5) is 11.0. The predicted octanol–water partition coefficient (Wildman–Crippen LogP) is 3.34. The van der Waals surface area contributed by atoms with Crippen LogP contribution >= 0.6 is 15.9 Å². The van der Waals surface area contributed by atoms with E-state index < -0.39 is 11.9 Å². The lowest BCUT2D eigenvalue weighted by Gasteiger charge is -2.12. The molecule has 0 aliphatic rings. The number of aryl methyl sites for hydroxylation is 1. The molecule has 0 spiro atoms. The number of carboxylic acid groups (broad SMARTS) is 1. The van der Waals surface area contributed by atoms with E-state index in [1.807, 2.05) is 32.0 Å². The highest BCUT2D eigenvalue weighted by Crippen LogP contribution is 2.28. The van der Waals surface area contributed by atoms with E-state index in [0.29, 0.717) is 6.42 Å². The highest BCUT2D eigenvalue weighted by atomic mass is 79.9. The van der Waals surface area contributed by atoms with E-state index in [4.69, 9.17) is 5.11 Å². The van der Waals surface area contributed by atoms with Gasteiger partial charge in [-0.3, -0.25) is 4.79 Å². The number of hydrogen-bond acceptors (Lipinski definition) is 1. The number of hydrogen-bond donors (Lipinski definition) is 1. The Morgan fingerprint density at radius 1 is 1.57 bits per heavy atom. The van der Waals surface area contributed by atoms with E-state index in [2.05, 4.69) is 15.9 Å². The SMILES string of the molecule is CCC(C(=O)O)c1cc(C)ccc1Br. The lowest BCUT2D eigenvalue weighted by Crippen LogP contribution is -2.11. The summed E-state index contributed by atoms with van der Waals surface area (Å²) in [6, 6.07) is 5.78. The van der Waals surface area contributed by atoms with Gasteiger partial charge in [-0.15, -0.1) is 0 Å². The normalized spacial score (nSPS) is 12.5. The number of halogens is 1. The maximum Gasteiger partial charge on any atom is 0.311 e. The first-order valence-corrected chi connectivity index (χ1v) is 5.34. The molecule has 0 aromatic heterocycles. The zero-order valence-electron chi connectivity index (χ0n) is 8.25. The van der Waals surface area contributed by atoms with E-state index in [1.165, 1.54) is 0 Å². The Balaban J connectivity index is 3.15. The van der Waals surface area contributed by atoms with Gasteiger partial charge in [-0.2, -0.15) is 0 Å². The third-order valence-corrected chi connectivity index (χ3v) is 2.96.